The number of aromatic hydroxyl groups is 1. The second kappa shape index (κ2) is 10.3. The van der Waals surface area contributed by atoms with Crippen LogP contribution in [0.4, 0.5) is 0 Å². The topological polar surface area (TPSA) is 113 Å². The zero-order valence-electron chi connectivity index (χ0n) is 9.47. The largest absolute Gasteiger partial charge is 0.697 e. The van der Waals surface area contributed by atoms with Gasteiger partial charge in [0.05, 0.1) is 15.1 Å². The highest BCUT2D eigenvalue weighted by Crippen LogP contribution is 2.47. The molecule has 0 amide bonds. The number of hydrogen-bond donors (Lipinski definition) is 3. The first-order valence-electron chi connectivity index (χ1n) is 4.38. The highest BCUT2D eigenvalue weighted by Gasteiger charge is 2.19. The van der Waals surface area contributed by atoms with E-state index in [0.29, 0.717) is 0 Å². The molecule has 0 aliphatic carbocycles. The Morgan fingerprint density at radius 3 is 1.33 bits per heavy atom. The summed E-state index contributed by atoms with van der Waals surface area (Å²) >= 11 is 27.9. The van der Waals surface area contributed by atoms with E-state index in [-0.39, 0.29) is 30.9 Å². The number of phenols is 1. The molecule has 0 radical (unpaired) electrons. The van der Waals surface area contributed by atoms with Crippen LogP contribution in [0.1, 0.15) is 0 Å². The summed E-state index contributed by atoms with van der Waals surface area (Å²) in [5.74, 6) is -0.363. The van der Waals surface area contributed by atoms with E-state index in [0.717, 1.165) is 0 Å². The van der Waals surface area contributed by atoms with Crippen LogP contribution < -0.4 is 0 Å². The van der Waals surface area contributed by atoms with Crippen molar-refractivity contribution >= 4 is 74.5 Å². The van der Waals surface area contributed by atoms with Crippen molar-refractivity contribution in [1.82, 2.24) is 0 Å². The van der Waals surface area contributed by atoms with Gasteiger partial charge in [0.2, 0.25) is 0 Å². The van der Waals surface area contributed by atoms with E-state index in [1.165, 1.54) is 0 Å². The molecule has 0 spiro atoms. The Bertz CT molecular complexity index is 436. The van der Waals surface area contributed by atoms with E-state index < -0.39 is 23.3 Å². The Labute approximate surface area is 145 Å². The van der Waals surface area contributed by atoms with E-state index in [2.05, 4.69) is 9.05 Å². The lowest BCUT2D eigenvalue weighted by Gasteiger charge is -2.06. The van der Waals surface area contributed by atoms with E-state index in [4.69, 9.17) is 67.8 Å². The standard InChI is InChI=1S/C6HCl5O.CH2O6P2/c7-1-2(8)4(10)6(12)5(11)3(1)9;2-8(3)6-1-7-9(4)5/h12H;1H2/p+2. The third-order valence-corrected chi connectivity index (χ3v) is 4.42. The Morgan fingerprint density at radius 1 is 0.762 bits per heavy atom. The van der Waals surface area contributed by atoms with Gasteiger partial charge in [0.1, 0.15) is 10.0 Å². The monoisotopic (exact) mass is 438 g/mol. The second-order valence-corrected chi connectivity index (χ2v) is 6.13. The third kappa shape index (κ3) is 7.55. The molecular weight excluding hydrogens is 435 g/mol. The molecule has 0 bridgehead atoms. The van der Waals surface area contributed by atoms with E-state index in [9.17, 15) is 14.2 Å². The van der Waals surface area contributed by atoms with Gasteiger partial charge < -0.3 is 5.11 Å². The summed E-state index contributed by atoms with van der Waals surface area (Å²) in [6.45, 7) is -0.655. The molecule has 7 nitrogen and oxygen atoms in total. The summed E-state index contributed by atoms with van der Waals surface area (Å²) in [6.07, 6.45) is 0. The molecule has 14 heteroatoms. The van der Waals surface area contributed by atoms with Crippen LogP contribution in [0.25, 0.3) is 0 Å². The number of hydrogen-bond acceptors (Lipinski definition) is 5. The van der Waals surface area contributed by atoms with Crippen molar-refractivity contribution in [3.05, 3.63) is 25.1 Å². The van der Waals surface area contributed by atoms with Gasteiger partial charge in [0.25, 0.3) is 6.79 Å². The predicted octanol–water partition coefficient (Wildman–Crippen LogP) is 4.94. The fourth-order valence-electron chi connectivity index (χ4n) is 0.707. The molecule has 0 saturated carbocycles. The quantitative estimate of drug-likeness (QED) is 0.263. The Kier molecular flexibility index (Phi) is 10.6. The van der Waals surface area contributed by atoms with Crippen molar-refractivity contribution in [2.75, 3.05) is 6.79 Å². The average molecular weight is 440 g/mol. The SMILES string of the molecule is O=[P+](O)OCO[P+](=O)O.Oc1c(Cl)c(Cl)c(Cl)c(Cl)c1Cl. The highest BCUT2D eigenvalue weighted by molar-refractivity contribution is 7.32. The van der Waals surface area contributed by atoms with Crippen LogP contribution in [0.15, 0.2) is 0 Å². The van der Waals surface area contributed by atoms with Crippen LogP contribution in [0.5, 0.6) is 5.75 Å². The summed E-state index contributed by atoms with van der Waals surface area (Å²) in [5.41, 5.74) is 0. The lowest BCUT2D eigenvalue weighted by atomic mass is 10.3. The van der Waals surface area contributed by atoms with E-state index >= 15 is 0 Å². The fraction of sp³-hybridized carbons (Fsp3) is 0.143. The van der Waals surface area contributed by atoms with Crippen LogP contribution in [-0.4, -0.2) is 21.7 Å². The van der Waals surface area contributed by atoms with Gasteiger partial charge in [0, 0.05) is 9.13 Å². The molecule has 1 aromatic rings. The van der Waals surface area contributed by atoms with Gasteiger partial charge in [-0.15, -0.1) is 9.79 Å². The van der Waals surface area contributed by atoms with Crippen molar-refractivity contribution in [3.63, 3.8) is 0 Å². The summed E-state index contributed by atoms with van der Waals surface area (Å²) < 4.78 is 27.0. The maximum atomic E-state index is 9.65. The van der Waals surface area contributed by atoms with E-state index in [1.807, 2.05) is 0 Å². The van der Waals surface area contributed by atoms with Gasteiger partial charge in [-0.3, -0.25) is 0 Å². The summed E-state index contributed by atoms with van der Waals surface area (Å²) in [7, 11) is -5.49. The van der Waals surface area contributed by atoms with Gasteiger partial charge in [0.15, 0.2) is 5.75 Å². The summed E-state index contributed by atoms with van der Waals surface area (Å²) in [4.78, 5) is 15.8. The molecule has 1 aromatic carbocycles. The normalized spacial score (nSPS) is 11.6. The van der Waals surface area contributed by atoms with Crippen molar-refractivity contribution in [2.45, 2.75) is 0 Å². The molecule has 0 aromatic heterocycles. The fourth-order valence-corrected chi connectivity index (χ4v) is 2.20. The highest BCUT2D eigenvalue weighted by atomic mass is 35.5. The minimum Gasteiger partial charge on any atom is -0.505 e. The molecule has 3 N–H and O–H groups in total. The first-order valence-corrected chi connectivity index (χ1v) is 8.53. The van der Waals surface area contributed by atoms with Gasteiger partial charge in [-0.25, -0.2) is 0 Å². The molecule has 0 aliphatic heterocycles. The van der Waals surface area contributed by atoms with Gasteiger partial charge in [-0.1, -0.05) is 67.1 Å². The van der Waals surface area contributed by atoms with Gasteiger partial charge >= 0.3 is 16.5 Å². The summed E-state index contributed by atoms with van der Waals surface area (Å²) in [5, 5.41) is 9.01. The Hall–Kier alpha value is 0.510. The van der Waals surface area contributed by atoms with Crippen molar-refractivity contribution < 1.29 is 33.1 Å². The van der Waals surface area contributed by atoms with Crippen LogP contribution in [0.2, 0.25) is 25.1 Å². The summed E-state index contributed by atoms with van der Waals surface area (Å²) in [6, 6.07) is 0. The van der Waals surface area contributed by atoms with Crippen molar-refractivity contribution in [1.29, 1.82) is 0 Å². The predicted molar refractivity (Wildman–Crippen MR) is 79.8 cm³/mol. The number of halogens is 5. The van der Waals surface area contributed by atoms with Gasteiger partial charge in [-0.05, 0) is 0 Å². The first-order chi connectivity index (χ1) is 9.59. The maximum absolute atomic E-state index is 9.65. The zero-order valence-corrected chi connectivity index (χ0v) is 15.0. The lowest BCUT2D eigenvalue weighted by molar-refractivity contribution is 0.110. The van der Waals surface area contributed by atoms with Crippen LogP contribution in [0.3, 0.4) is 0 Å². The molecule has 0 heterocycles. The van der Waals surface area contributed by atoms with E-state index in [1.54, 1.807) is 0 Å². The van der Waals surface area contributed by atoms with Crippen LogP contribution >= 0.6 is 74.5 Å². The number of rotatable bonds is 4. The molecule has 0 fully saturated rings. The maximum Gasteiger partial charge on any atom is 0.697 e. The minimum atomic E-state index is -2.75. The lowest BCUT2D eigenvalue weighted by Crippen LogP contribution is -1.85. The smallest absolute Gasteiger partial charge is 0.505 e. The van der Waals surface area contributed by atoms with Crippen LogP contribution in [-0.2, 0) is 18.2 Å². The molecule has 0 saturated heterocycles. The van der Waals surface area contributed by atoms with Crippen molar-refractivity contribution in [2.24, 2.45) is 0 Å². The molecular formula is C7H5Cl5O7P2+2. The second-order valence-electron chi connectivity index (χ2n) is 2.77. The number of phenolic OH excluding ortho intramolecular Hbond substituents is 1. The number of benzene rings is 1. The minimum absolute atomic E-state index is 0.00904. The Balaban J connectivity index is 0.000000400. The van der Waals surface area contributed by atoms with Gasteiger partial charge in [-0.2, -0.15) is 0 Å². The molecule has 2 atom stereocenters. The molecule has 21 heavy (non-hydrogen) atoms. The zero-order chi connectivity index (χ0) is 16.7. The molecule has 118 valence electrons. The first kappa shape index (κ1) is 21.5. The Morgan fingerprint density at radius 2 is 1.05 bits per heavy atom. The van der Waals surface area contributed by atoms with Crippen molar-refractivity contribution in [3.8, 4) is 5.75 Å². The molecule has 0 aliphatic rings. The third-order valence-electron chi connectivity index (χ3n) is 1.51. The van der Waals surface area contributed by atoms with Crippen LogP contribution in [0, 0.1) is 0 Å². The molecule has 1 rings (SSSR count). The average Bonchev–Trinajstić information content (AvgIpc) is 2.41. The molecule has 2 unspecified atom stereocenters.